The van der Waals surface area contributed by atoms with E-state index in [4.69, 9.17) is 9.47 Å². The Balaban J connectivity index is 1.36. The number of amides is 1. The summed E-state index contributed by atoms with van der Waals surface area (Å²) in [5.74, 6) is 2.10. The third-order valence-corrected chi connectivity index (χ3v) is 5.57. The lowest BCUT2D eigenvalue weighted by atomic mass is 10.2. The first-order valence-corrected chi connectivity index (χ1v) is 11.1. The van der Waals surface area contributed by atoms with Crippen molar-refractivity contribution in [3.63, 3.8) is 0 Å². The van der Waals surface area contributed by atoms with Crippen LogP contribution < -0.4 is 14.8 Å². The van der Waals surface area contributed by atoms with E-state index in [0.29, 0.717) is 18.0 Å². The SMILES string of the molecule is CCOc1ccc(-c2nc(CC(=O)Nc3ccc(Oc4cccnc4)c(C)c3)cs2)cc1. The average Bonchev–Trinajstić information content (AvgIpc) is 3.25. The highest BCUT2D eigenvalue weighted by molar-refractivity contribution is 7.13. The monoisotopic (exact) mass is 445 g/mol. The Morgan fingerprint density at radius 2 is 1.94 bits per heavy atom. The second-order valence-corrected chi connectivity index (χ2v) is 7.96. The molecule has 2 aromatic carbocycles. The molecule has 2 aromatic heterocycles. The zero-order valence-corrected chi connectivity index (χ0v) is 18.7. The van der Waals surface area contributed by atoms with Gasteiger partial charge in [-0.3, -0.25) is 9.78 Å². The smallest absolute Gasteiger partial charge is 0.230 e. The first-order valence-electron chi connectivity index (χ1n) is 10.3. The van der Waals surface area contributed by atoms with Gasteiger partial charge in [0.2, 0.25) is 5.91 Å². The predicted octanol–water partition coefficient (Wildman–Crippen LogP) is 5.89. The number of anilines is 1. The highest BCUT2D eigenvalue weighted by atomic mass is 32.1. The zero-order chi connectivity index (χ0) is 22.3. The molecule has 6 nitrogen and oxygen atoms in total. The first kappa shape index (κ1) is 21.5. The Morgan fingerprint density at radius 1 is 1.09 bits per heavy atom. The normalized spacial score (nSPS) is 10.6. The van der Waals surface area contributed by atoms with Crippen molar-refractivity contribution in [1.29, 1.82) is 0 Å². The Hall–Kier alpha value is -3.71. The summed E-state index contributed by atoms with van der Waals surface area (Å²) in [6, 6.07) is 17.0. The van der Waals surface area contributed by atoms with Gasteiger partial charge in [0, 0.05) is 22.8 Å². The van der Waals surface area contributed by atoms with E-state index in [9.17, 15) is 4.79 Å². The van der Waals surface area contributed by atoms with Crippen LogP contribution in [-0.4, -0.2) is 22.5 Å². The molecular weight excluding hydrogens is 422 g/mol. The third kappa shape index (κ3) is 5.50. The highest BCUT2D eigenvalue weighted by Crippen LogP contribution is 2.28. The van der Waals surface area contributed by atoms with Crippen LogP contribution in [0.3, 0.4) is 0 Å². The van der Waals surface area contributed by atoms with E-state index in [-0.39, 0.29) is 12.3 Å². The fourth-order valence-electron chi connectivity index (χ4n) is 3.13. The minimum atomic E-state index is -0.117. The summed E-state index contributed by atoms with van der Waals surface area (Å²) >= 11 is 1.52. The van der Waals surface area contributed by atoms with Crippen LogP contribution in [0.25, 0.3) is 10.6 Å². The van der Waals surface area contributed by atoms with Gasteiger partial charge in [0.1, 0.15) is 22.3 Å². The molecular formula is C25H23N3O3S. The molecule has 0 saturated heterocycles. The van der Waals surface area contributed by atoms with Crippen molar-refractivity contribution in [2.45, 2.75) is 20.3 Å². The molecule has 2 heterocycles. The second-order valence-electron chi connectivity index (χ2n) is 7.10. The lowest BCUT2D eigenvalue weighted by molar-refractivity contribution is -0.115. The number of ether oxygens (including phenoxy) is 2. The van der Waals surface area contributed by atoms with E-state index in [1.165, 1.54) is 11.3 Å². The van der Waals surface area contributed by atoms with Crippen molar-refractivity contribution in [2.75, 3.05) is 11.9 Å². The van der Waals surface area contributed by atoms with Gasteiger partial charge in [-0.2, -0.15) is 0 Å². The first-order chi connectivity index (χ1) is 15.6. The van der Waals surface area contributed by atoms with Crippen molar-refractivity contribution in [3.8, 4) is 27.8 Å². The molecule has 0 aliphatic carbocycles. The molecule has 0 saturated carbocycles. The summed E-state index contributed by atoms with van der Waals surface area (Å²) in [5, 5.41) is 5.73. The zero-order valence-electron chi connectivity index (χ0n) is 17.9. The number of rotatable bonds is 8. The topological polar surface area (TPSA) is 73.3 Å². The maximum atomic E-state index is 12.5. The molecule has 4 rings (SSSR count). The molecule has 1 amide bonds. The fraction of sp³-hybridized carbons (Fsp3) is 0.160. The van der Waals surface area contributed by atoms with Gasteiger partial charge in [0.15, 0.2) is 0 Å². The summed E-state index contributed by atoms with van der Waals surface area (Å²) in [5.41, 5.74) is 3.38. The van der Waals surface area contributed by atoms with Gasteiger partial charge in [-0.1, -0.05) is 0 Å². The molecule has 162 valence electrons. The highest BCUT2D eigenvalue weighted by Gasteiger charge is 2.11. The number of hydrogen-bond acceptors (Lipinski definition) is 6. The number of aromatic nitrogens is 2. The lowest BCUT2D eigenvalue weighted by Gasteiger charge is -2.11. The van der Waals surface area contributed by atoms with E-state index >= 15 is 0 Å². The number of benzene rings is 2. The summed E-state index contributed by atoms with van der Waals surface area (Å²) in [7, 11) is 0. The Kier molecular flexibility index (Phi) is 6.77. The van der Waals surface area contributed by atoms with E-state index < -0.39 is 0 Å². The Labute approximate surface area is 190 Å². The fourth-order valence-corrected chi connectivity index (χ4v) is 3.95. The van der Waals surface area contributed by atoms with E-state index in [1.807, 2.05) is 73.8 Å². The quantitative estimate of drug-likeness (QED) is 0.366. The van der Waals surface area contributed by atoms with Crippen molar-refractivity contribution >= 4 is 22.9 Å². The van der Waals surface area contributed by atoms with Crippen LogP contribution in [-0.2, 0) is 11.2 Å². The van der Waals surface area contributed by atoms with Crippen LogP contribution in [0.5, 0.6) is 17.2 Å². The van der Waals surface area contributed by atoms with Crippen LogP contribution in [0, 0.1) is 6.92 Å². The summed E-state index contributed by atoms with van der Waals surface area (Å²) in [4.78, 5) is 21.2. The van der Waals surface area contributed by atoms with Crippen molar-refractivity contribution in [1.82, 2.24) is 9.97 Å². The minimum Gasteiger partial charge on any atom is -0.494 e. The molecule has 0 aliphatic heterocycles. The minimum absolute atomic E-state index is 0.117. The number of hydrogen-bond donors (Lipinski definition) is 1. The van der Waals surface area contributed by atoms with Gasteiger partial charge in [0.05, 0.1) is 24.9 Å². The molecule has 0 aliphatic rings. The number of aryl methyl sites for hydroxylation is 1. The number of carbonyl (C=O) groups is 1. The van der Waals surface area contributed by atoms with E-state index in [1.54, 1.807) is 12.4 Å². The van der Waals surface area contributed by atoms with Gasteiger partial charge < -0.3 is 14.8 Å². The van der Waals surface area contributed by atoms with Gasteiger partial charge in [-0.25, -0.2) is 4.98 Å². The summed E-state index contributed by atoms with van der Waals surface area (Å²) in [6.45, 7) is 4.53. The van der Waals surface area contributed by atoms with Gasteiger partial charge in [-0.05, 0) is 74.0 Å². The number of nitrogens with zero attached hydrogens (tertiary/aromatic N) is 2. The van der Waals surface area contributed by atoms with Crippen molar-refractivity contribution in [3.05, 3.63) is 83.6 Å². The molecule has 7 heteroatoms. The summed E-state index contributed by atoms with van der Waals surface area (Å²) < 4.78 is 11.3. The number of carbonyl (C=O) groups excluding carboxylic acids is 1. The molecule has 4 aromatic rings. The average molecular weight is 446 g/mol. The van der Waals surface area contributed by atoms with Crippen LogP contribution in [0.15, 0.2) is 72.4 Å². The molecule has 32 heavy (non-hydrogen) atoms. The maximum Gasteiger partial charge on any atom is 0.230 e. The van der Waals surface area contributed by atoms with Crippen molar-refractivity contribution < 1.29 is 14.3 Å². The molecule has 0 fully saturated rings. The molecule has 0 bridgehead atoms. The van der Waals surface area contributed by atoms with Gasteiger partial charge in [0.25, 0.3) is 0 Å². The molecule has 0 unspecified atom stereocenters. The lowest BCUT2D eigenvalue weighted by Crippen LogP contribution is -2.14. The third-order valence-electron chi connectivity index (χ3n) is 4.63. The largest absolute Gasteiger partial charge is 0.494 e. The number of nitrogens with one attached hydrogen (secondary N) is 1. The predicted molar refractivity (Wildman–Crippen MR) is 127 cm³/mol. The van der Waals surface area contributed by atoms with Crippen LogP contribution in [0.2, 0.25) is 0 Å². The molecule has 0 radical (unpaired) electrons. The van der Waals surface area contributed by atoms with Gasteiger partial charge >= 0.3 is 0 Å². The Bertz CT molecular complexity index is 1190. The number of thiazole rings is 1. The second kappa shape index (κ2) is 10.1. The molecule has 0 atom stereocenters. The molecule has 1 N–H and O–H groups in total. The van der Waals surface area contributed by atoms with Gasteiger partial charge in [-0.15, -0.1) is 11.3 Å². The van der Waals surface area contributed by atoms with E-state index in [0.717, 1.165) is 33.3 Å². The standard InChI is InChI=1S/C25H23N3O3S/c1-3-30-21-9-6-18(7-10-21)25-28-20(16-32-25)14-24(29)27-19-8-11-23(17(2)13-19)31-22-5-4-12-26-15-22/h4-13,15-16H,3,14H2,1-2H3,(H,27,29). The van der Waals surface area contributed by atoms with Crippen LogP contribution >= 0.6 is 11.3 Å². The molecule has 0 spiro atoms. The van der Waals surface area contributed by atoms with E-state index in [2.05, 4.69) is 15.3 Å². The van der Waals surface area contributed by atoms with Crippen molar-refractivity contribution in [2.24, 2.45) is 0 Å². The van der Waals surface area contributed by atoms with Crippen LogP contribution in [0.4, 0.5) is 5.69 Å². The number of pyridine rings is 1. The maximum absolute atomic E-state index is 12.5. The Morgan fingerprint density at radius 3 is 2.66 bits per heavy atom. The summed E-state index contributed by atoms with van der Waals surface area (Å²) in [6.07, 6.45) is 3.56. The van der Waals surface area contributed by atoms with Crippen LogP contribution in [0.1, 0.15) is 18.2 Å².